The van der Waals surface area contributed by atoms with E-state index in [-0.39, 0.29) is 11.3 Å². The van der Waals surface area contributed by atoms with E-state index in [4.69, 9.17) is 9.47 Å². The van der Waals surface area contributed by atoms with Gasteiger partial charge < -0.3 is 14.4 Å². The number of nitrogens with zero attached hydrogens (tertiary/aromatic N) is 1. The number of rotatable bonds is 3. The predicted octanol–water partition coefficient (Wildman–Crippen LogP) is 3.10. The van der Waals surface area contributed by atoms with Crippen LogP contribution >= 0.6 is 0 Å². The van der Waals surface area contributed by atoms with Crippen molar-refractivity contribution in [3.05, 3.63) is 64.5 Å². The van der Waals surface area contributed by atoms with Crippen molar-refractivity contribution in [3.8, 4) is 0 Å². The first-order chi connectivity index (χ1) is 11.4. The summed E-state index contributed by atoms with van der Waals surface area (Å²) in [7, 11) is 2.57. The second kappa shape index (κ2) is 7.17. The second-order valence-corrected chi connectivity index (χ2v) is 5.54. The highest BCUT2D eigenvalue weighted by molar-refractivity contribution is 6.05. The maximum Gasteiger partial charge on any atom is 0.355 e. The Morgan fingerprint density at radius 1 is 0.875 bits per heavy atom. The quantitative estimate of drug-likeness (QED) is 0.799. The molecule has 1 heterocycles. The molecule has 0 N–H and O–H groups in total. The number of aryl methyl sites for hydroxylation is 3. The van der Waals surface area contributed by atoms with E-state index in [0.29, 0.717) is 0 Å². The van der Waals surface area contributed by atoms with Crippen LogP contribution in [-0.4, -0.2) is 26.2 Å². The smallest absolute Gasteiger partial charge is 0.355 e. The maximum atomic E-state index is 12.4. The molecule has 0 unspecified atom stereocenters. The first kappa shape index (κ1) is 17.5. The van der Waals surface area contributed by atoms with Crippen LogP contribution in [0, 0.1) is 20.8 Å². The molecule has 0 aliphatic carbocycles. The number of esters is 2. The molecule has 1 aliphatic heterocycles. The van der Waals surface area contributed by atoms with Gasteiger partial charge in [-0.05, 0) is 55.7 Å². The van der Waals surface area contributed by atoms with Gasteiger partial charge in [0.2, 0.25) is 0 Å². The number of benzene rings is 1. The number of hydrogen-bond acceptors (Lipinski definition) is 5. The van der Waals surface area contributed by atoms with Crippen LogP contribution in [0.5, 0.6) is 0 Å². The molecule has 0 atom stereocenters. The fourth-order valence-corrected chi connectivity index (χ4v) is 2.56. The fraction of sp³-hybridized carbons (Fsp3) is 0.263. The van der Waals surface area contributed by atoms with Crippen molar-refractivity contribution in [1.82, 2.24) is 0 Å². The molecule has 0 amide bonds. The highest BCUT2D eigenvalue weighted by atomic mass is 16.5. The number of carbonyl (C=O) groups is 2. The molecular formula is C19H21NO4. The van der Waals surface area contributed by atoms with Gasteiger partial charge >= 0.3 is 11.9 Å². The molecular weight excluding hydrogens is 306 g/mol. The third-order valence-corrected chi connectivity index (χ3v) is 3.96. The molecule has 1 aliphatic rings. The van der Waals surface area contributed by atoms with Gasteiger partial charge in [-0.25, -0.2) is 9.59 Å². The number of anilines is 1. The summed E-state index contributed by atoms with van der Waals surface area (Å²) in [4.78, 5) is 26.2. The van der Waals surface area contributed by atoms with E-state index < -0.39 is 11.9 Å². The van der Waals surface area contributed by atoms with Crippen LogP contribution in [0.1, 0.15) is 16.7 Å². The van der Waals surface area contributed by atoms with Crippen LogP contribution in [0.15, 0.2) is 47.8 Å². The van der Waals surface area contributed by atoms with Crippen LogP contribution in [0.4, 0.5) is 5.69 Å². The minimum Gasteiger partial charge on any atom is -0.465 e. The molecule has 126 valence electrons. The molecule has 0 saturated heterocycles. The Labute approximate surface area is 141 Å². The molecule has 1 aromatic carbocycles. The van der Waals surface area contributed by atoms with Crippen molar-refractivity contribution in [1.29, 1.82) is 0 Å². The first-order valence-electron chi connectivity index (χ1n) is 7.53. The summed E-state index contributed by atoms with van der Waals surface area (Å²) < 4.78 is 9.72. The van der Waals surface area contributed by atoms with Crippen molar-refractivity contribution in [2.45, 2.75) is 20.8 Å². The van der Waals surface area contributed by atoms with E-state index in [1.54, 1.807) is 29.3 Å². The molecule has 1 aromatic rings. The molecule has 5 heteroatoms. The van der Waals surface area contributed by atoms with E-state index in [1.807, 2.05) is 32.9 Å². The SMILES string of the molecule is COC(=O)C1=C(C(=O)OC)N(c2cc(C)c(C)cc2C)C=CC=C1. The Hall–Kier alpha value is -2.82. The number of allylic oxidation sites excluding steroid dienone is 2. The van der Waals surface area contributed by atoms with Crippen LogP contribution < -0.4 is 4.90 Å². The van der Waals surface area contributed by atoms with Crippen molar-refractivity contribution < 1.29 is 19.1 Å². The molecule has 0 bridgehead atoms. The lowest BCUT2D eigenvalue weighted by Gasteiger charge is -2.25. The van der Waals surface area contributed by atoms with E-state index in [9.17, 15) is 9.59 Å². The predicted molar refractivity (Wildman–Crippen MR) is 92.5 cm³/mol. The zero-order chi connectivity index (χ0) is 17.9. The van der Waals surface area contributed by atoms with Crippen molar-refractivity contribution in [2.24, 2.45) is 0 Å². The van der Waals surface area contributed by atoms with Crippen LogP contribution in [0.2, 0.25) is 0 Å². The molecule has 0 radical (unpaired) electrons. The maximum absolute atomic E-state index is 12.4. The third-order valence-electron chi connectivity index (χ3n) is 3.96. The van der Waals surface area contributed by atoms with Crippen LogP contribution in [-0.2, 0) is 19.1 Å². The van der Waals surface area contributed by atoms with Crippen LogP contribution in [0.3, 0.4) is 0 Å². The minimum atomic E-state index is -0.607. The van der Waals surface area contributed by atoms with Gasteiger partial charge in [-0.15, -0.1) is 0 Å². The van der Waals surface area contributed by atoms with Crippen molar-refractivity contribution in [3.63, 3.8) is 0 Å². The molecule has 2 rings (SSSR count). The van der Waals surface area contributed by atoms with Crippen LogP contribution in [0.25, 0.3) is 0 Å². The zero-order valence-corrected chi connectivity index (χ0v) is 14.5. The van der Waals surface area contributed by atoms with Crippen molar-refractivity contribution >= 4 is 17.6 Å². The van der Waals surface area contributed by atoms with Gasteiger partial charge in [-0.2, -0.15) is 0 Å². The Morgan fingerprint density at radius 3 is 2.12 bits per heavy atom. The van der Waals surface area contributed by atoms with Gasteiger partial charge in [0.05, 0.1) is 19.8 Å². The van der Waals surface area contributed by atoms with E-state index >= 15 is 0 Å². The number of ether oxygens (including phenoxy) is 2. The normalized spacial score (nSPS) is 13.8. The molecule has 5 nitrogen and oxygen atoms in total. The average molecular weight is 327 g/mol. The Morgan fingerprint density at radius 2 is 1.50 bits per heavy atom. The van der Waals surface area contributed by atoms with Gasteiger partial charge in [0.25, 0.3) is 0 Å². The van der Waals surface area contributed by atoms with Gasteiger partial charge in [0.15, 0.2) is 0 Å². The topological polar surface area (TPSA) is 55.8 Å². The Kier molecular flexibility index (Phi) is 5.24. The van der Waals surface area contributed by atoms with Gasteiger partial charge in [-0.1, -0.05) is 12.1 Å². The fourth-order valence-electron chi connectivity index (χ4n) is 2.56. The molecule has 24 heavy (non-hydrogen) atoms. The number of methoxy groups -OCH3 is 2. The lowest BCUT2D eigenvalue weighted by molar-refractivity contribution is -0.139. The summed E-state index contributed by atoms with van der Waals surface area (Å²) in [5.74, 6) is -1.20. The number of hydrogen-bond donors (Lipinski definition) is 0. The van der Waals surface area contributed by atoms with E-state index in [2.05, 4.69) is 0 Å². The third kappa shape index (κ3) is 3.25. The lowest BCUT2D eigenvalue weighted by Crippen LogP contribution is -2.27. The Balaban J connectivity index is 2.72. The monoisotopic (exact) mass is 327 g/mol. The van der Waals surface area contributed by atoms with Gasteiger partial charge in [0.1, 0.15) is 5.70 Å². The molecule has 0 fully saturated rings. The van der Waals surface area contributed by atoms with Gasteiger partial charge in [0, 0.05) is 11.9 Å². The van der Waals surface area contributed by atoms with Gasteiger partial charge in [-0.3, -0.25) is 0 Å². The average Bonchev–Trinajstić information content (AvgIpc) is 2.79. The first-order valence-corrected chi connectivity index (χ1v) is 7.53. The molecule has 0 saturated carbocycles. The van der Waals surface area contributed by atoms with E-state index in [0.717, 1.165) is 22.4 Å². The standard InChI is InChI=1S/C19H21NO4/c1-12-10-14(3)16(11-13(12)2)20-9-7-6-8-15(18(21)23-4)17(20)19(22)24-5/h6-11H,1-5H3. The zero-order valence-electron chi connectivity index (χ0n) is 14.5. The largest absolute Gasteiger partial charge is 0.465 e. The summed E-state index contributed by atoms with van der Waals surface area (Å²) in [6.45, 7) is 5.99. The Bertz CT molecular complexity index is 772. The highest BCUT2D eigenvalue weighted by Crippen LogP contribution is 2.30. The summed E-state index contributed by atoms with van der Waals surface area (Å²) >= 11 is 0. The van der Waals surface area contributed by atoms with E-state index in [1.165, 1.54) is 14.2 Å². The summed E-state index contributed by atoms with van der Waals surface area (Å²) in [6, 6.07) is 4.03. The highest BCUT2D eigenvalue weighted by Gasteiger charge is 2.28. The second-order valence-electron chi connectivity index (χ2n) is 5.54. The number of carbonyl (C=O) groups excluding carboxylic acids is 2. The lowest BCUT2D eigenvalue weighted by atomic mass is 10.0. The minimum absolute atomic E-state index is 0.126. The van der Waals surface area contributed by atoms with Crippen molar-refractivity contribution in [2.75, 3.05) is 19.1 Å². The summed E-state index contributed by atoms with van der Waals surface area (Å²) in [5.41, 5.74) is 4.30. The summed E-state index contributed by atoms with van der Waals surface area (Å²) in [6.07, 6.45) is 6.72. The summed E-state index contributed by atoms with van der Waals surface area (Å²) in [5, 5.41) is 0. The molecule has 0 spiro atoms. The molecule has 0 aromatic heterocycles.